The van der Waals surface area contributed by atoms with Crippen molar-refractivity contribution < 1.29 is 22.7 Å². The van der Waals surface area contributed by atoms with E-state index < -0.39 is 22.6 Å². The lowest BCUT2D eigenvalue weighted by Gasteiger charge is -2.13. The number of carbonyl (C=O) groups is 2. The fourth-order valence-corrected chi connectivity index (χ4v) is 3.44. The van der Waals surface area contributed by atoms with Crippen LogP contribution in [0.2, 0.25) is 0 Å². The Morgan fingerprint density at radius 3 is 2.73 bits per heavy atom. The first-order valence-electron chi connectivity index (χ1n) is 8.58. The second-order valence-corrected chi connectivity index (χ2v) is 7.91. The zero-order chi connectivity index (χ0) is 19.0. The van der Waals surface area contributed by atoms with Crippen LogP contribution < -0.4 is 10.0 Å². The number of esters is 1. The van der Waals surface area contributed by atoms with E-state index >= 15 is 0 Å². The molecule has 0 radical (unpaired) electrons. The summed E-state index contributed by atoms with van der Waals surface area (Å²) >= 11 is 0. The number of ether oxygens (including phenoxy) is 1. The van der Waals surface area contributed by atoms with Crippen LogP contribution in [0.25, 0.3) is 0 Å². The molecule has 26 heavy (non-hydrogen) atoms. The Kier molecular flexibility index (Phi) is 7.35. The van der Waals surface area contributed by atoms with Gasteiger partial charge >= 0.3 is 5.97 Å². The van der Waals surface area contributed by atoms with Gasteiger partial charge in [0.25, 0.3) is 5.91 Å². The summed E-state index contributed by atoms with van der Waals surface area (Å²) < 4.78 is 30.6. The van der Waals surface area contributed by atoms with Crippen LogP contribution in [0.4, 0.5) is 0 Å². The molecular formula is C18H24N2O5S. The normalized spacial score (nSPS) is 14.4. The molecule has 1 aliphatic rings. The number of benzene rings is 1. The number of hydrogen-bond donors (Lipinski definition) is 2. The van der Waals surface area contributed by atoms with Crippen molar-refractivity contribution in [2.45, 2.75) is 37.0 Å². The maximum atomic E-state index is 12.0. The van der Waals surface area contributed by atoms with Gasteiger partial charge in [0.15, 0.2) is 6.61 Å². The van der Waals surface area contributed by atoms with Gasteiger partial charge in [-0.1, -0.05) is 17.7 Å². The molecule has 2 rings (SSSR count). The first kappa shape index (κ1) is 20.1. The Bertz CT molecular complexity index is 787. The van der Waals surface area contributed by atoms with E-state index in [1.807, 2.05) is 0 Å². The molecule has 1 aromatic carbocycles. The molecule has 8 heteroatoms. The van der Waals surface area contributed by atoms with Gasteiger partial charge in [0.2, 0.25) is 10.0 Å². The lowest BCUT2D eigenvalue weighted by Crippen LogP contribution is -2.30. The smallest absolute Gasteiger partial charge is 0.338 e. The van der Waals surface area contributed by atoms with Gasteiger partial charge in [0, 0.05) is 6.54 Å². The summed E-state index contributed by atoms with van der Waals surface area (Å²) in [4.78, 5) is 23.7. The first-order valence-corrected chi connectivity index (χ1v) is 10.1. The van der Waals surface area contributed by atoms with Crippen LogP contribution in [0.15, 0.2) is 40.8 Å². The lowest BCUT2D eigenvalue weighted by atomic mass is 9.97. The summed E-state index contributed by atoms with van der Waals surface area (Å²) in [5, 5.41) is 2.72. The van der Waals surface area contributed by atoms with Crippen LogP contribution in [-0.4, -0.2) is 40.5 Å². The fourth-order valence-electron chi connectivity index (χ4n) is 2.67. The fraction of sp³-hybridized carbons (Fsp3) is 0.444. The maximum absolute atomic E-state index is 12.0. The van der Waals surface area contributed by atoms with Gasteiger partial charge in [0.1, 0.15) is 0 Å². The number of rotatable bonds is 8. The molecule has 2 N–H and O–H groups in total. The summed E-state index contributed by atoms with van der Waals surface area (Å²) in [5.74, 6) is -1.13. The van der Waals surface area contributed by atoms with E-state index in [2.05, 4.69) is 16.1 Å². The largest absolute Gasteiger partial charge is 0.452 e. The van der Waals surface area contributed by atoms with E-state index in [0.717, 1.165) is 19.3 Å². The number of sulfonamides is 1. The van der Waals surface area contributed by atoms with Crippen LogP contribution in [0.5, 0.6) is 0 Å². The van der Waals surface area contributed by atoms with Crippen LogP contribution in [0.1, 0.15) is 42.5 Å². The molecule has 1 aromatic rings. The summed E-state index contributed by atoms with van der Waals surface area (Å²) in [7, 11) is -2.36. The molecule has 0 aromatic heterocycles. The molecule has 0 fully saturated rings. The number of allylic oxidation sites excluding steroid dienone is 1. The van der Waals surface area contributed by atoms with E-state index in [1.165, 1.54) is 49.7 Å². The van der Waals surface area contributed by atoms with Crippen molar-refractivity contribution in [2.75, 3.05) is 20.2 Å². The van der Waals surface area contributed by atoms with Crippen LogP contribution in [-0.2, 0) is 19.6 Å². The minimum atomic E-state index is -3.65. The second kappa shape index (κ2) is 9.49. The van der Waals surface area contributed by atoms with Crippen molar-refractivity contribution in [3.05, 3.63) is 41.5 Å². The molecule has 0 atom stereocenters. The Balaban J connectivity index is 1.80. The minimum Gasteiger partial charge on any atom is -0.452 e. The molecular weight excluding hydrogens is 356 g/mol. The molecule has 142 valence electrons. The maximum Gasteiger partial charge on any atom is 0.338 e. The third kappa shape index (κ3) is 5.96. The molecule has 0 bridgehead atoms. The predicted molar refractivity (Wildman–Crippen MR) is 97.1 cm³/mol. The second-order valence-electron chi connectivity index (χ2n) is 6.02. The minimum absolute atomic E-state index is 0.0420. The predicted octanol–water partition coefficient (Wildman–Crippen LogP) is 1.76. The third-order valence-electron chi connectivity index (χ3n) is 4.14. The van der Waals surface area contributed by atoms with E-state index in [0.29, 0.717) is 6.54 Å². The number of nitrogens with one attached hydrogen (secondary N) is 2. The molecule has 0 unspecified atom stereocenters. The number of hydrogen-bond acceptors (Lipinski definition) is 5. The van der Waals surface area contributed by atoms with E-state index in [4.69, 9.17) is 4.74 Å². The van der Waals surface area contributed by atoms with Gasteiger partial charge in [-0.25, -0.2) is 17.9 Å². The molecule has 1 aliphatic carbocycles. The Labute approximate surface area is 153 Å². The average molecular weight is 380 g/mol. The molecule has 1 amide bonds. The molecule has 0 aliphatic heterocycles. The van der Waals surface area contributed by atoms with Crippen molar-refractivity contribution in [1.29, 1.82) is 0 Å². The Morgan fingerprint density at radius 2 is 2.04 bits per heavy atom. The summed E-state index contributed by atoms with van der Waals surface area (Å²) in [5.41, 5.74) is 1.43. The highest BCUT2D eigenvalue weighted by Gasteiger charge is 2.16. The van der Waals surface area contributed by atoms with Crippen molar-refractivity contribution >= 4 is 21.9 Å². The average Bonchev–Trinajstić information content (AvgIpc) is 2.67. The highest BCUT2D eigenvalue weighted by Crippen LogP contribution is 2.19. The van der Waals surface area contributed by atoms with Crippen molar-refractivity contribution in [1.82, 2.24) is 10.0 Å². The van der Waals surface area contributed by atoms with Gasteiger partial charge < -0.3 is 10.1 Å². The Hall–Kier alpha value is -2.19. The quantitative estimate of drug-likeness (QED) is 0.529. The Morgan fingerprint density at radius 1 is 1.23 bits per heavy atom. The highest BCUT2D eigenvalue weighted by atomic mass is 32.2. The van der Waals surface area contributed by atoms with Crippen LogP contribution in [0.3, 0.4) is 0 Å². The summed E-state index contributed by atoms with van der Waals surface area (Å²) in [6.45, 7) is 0.110. The van der Waals surface area contributed by atoms with Crippen LogP contribution in [0, 0.1) is 0 Å². The van der Waals surface area contributed by atoms with E-state index in [1.54, 1.807) is 0 Å². The number of carbonyl (C=O) groups excluding carboxylic acids is 2. The van der Waals surface area contributed by atoms with Crippen LogP contribution >= 0.6 is 0 Å². The SMILES string of the molecule is CNS(=O)(=O)c1cccc(C(=O)OCC(=O)NCCC2=CCCCC2)c1. The topological polar surface area (TPSA) is 102 Å². The van der Waals surface area contributed by atoms with E-state index in [9.17, 15) is 18.0 Å². The first-order chi connectivity index (χ1) is 12.4. The van der Waals surface area contributed by atoms with Crippen molar-refractivity contribution in [2.24, 2.45) is 0 Å². The third-order valence-corrected chi connectivity index (χ3v) is 5.55. The van der Waals surface area contributed by atoms with Gasteiger partial charge in [-0.15, -0.1) is 0 Å². The summed E-state index contributed by atoms with van der Waals surface area (Å²) in [6.07, 6.45) is 7.63. The zero-order valence-electron chi connectivity index (χ0n) is 14.8. The highest BCUT2D eigenvalue weighted by molar-refractivity contribution is 7.89. The van der Waals surface area contributed by atoms with Gasteiger partial charge in [-0.3, -0.25) is 4.79 Å². The van der Waals surface area contributed by atoms with Crippen molar-refractivity contribution in [3.8, 4) is 0 Å². The standard InChI is InChI=1S/C18H24N2O5S/c1-19-26(23,24)16-9-5-8-15(12-16)18(22)25-13-17(21)20-11-10-14-6-3-2-4-7-14/h5-6,8-9,12,19H,2-4,7,10-11,13H2,1H3,(H,20,21). The number of amides is 1. The van der Waals surface area contributed by atoms with Crippen molar-refractivity contribution in [3.63, 3.8) is 0 Å². The van der Waals surface area contributed by atoms with Gasteiger partial charge in [-0.05, 0) is 57.4 Å². The lowest BCUT2D eigenvalue weighted by molar-refractivity contribution is -0.124. The molecule has 0 saturated heterocycles. The van der Waals surface area contributed by atoms with E-state index in [-0.39, 0.29) is 16.4 Å². The molecule has 0 saturated carbocycles. The monoisotopic (exact) mass is 380 g/mol. The zero-order valence-corrected chi connectivity index (χ0v) is 15.6. The van der Waals surface area contributed by atoms with Gasteiger partial charge in [-0.2, -0.15) is 0 Å². The van der Waals surface area contributed by atoms with Gasteiger partial charge in [0.05, 0.1) is 10.5 Å². The molecule has 0 heterocycles. The summed E-state index contributed by atoms with van der Waals surface area (Å²) in [6, 6.07) is 5.46. The molecule has 0 spiro atoms. The molecule has 7 nitrogen and oxygen atoms in total.